The molecule has 0 bridgehead atoms. The van der Waals surface area contributed by atoms with Crippen LogP contribution in [0.1, 0.15) is 12.0 Å². The first kappa shape index (κ1) is 9.69. The zero-order chi connectivity index (χ0) is 9.80. The van der Waals surface area contributed by atoms with Gasteiger partial charge in [0.2, 0.25) is 0 Å². The van der Waals surface area contributed by atoms with Crippen LogP contribution in [0, 0.1) is 0 Å². The Kier molecular flexibility index (Phi) is 3.17. The maximum atomic E-state index is 6.07. The molecule has 0 aliphatic carbocycles. The lowest BCUT2D eigenvalue weighted by molar-refractivity contribution is 0.170. The summed E-state index contributed by atoms with van der Waals surface area (Å²) in [5.74, 6) is 0. The van der Waals surface area contributed by atoms with Crippen LogP contribution >= 0.6 is 0 Å². The van der Waals surface area contributed by atoms with E-state index in [2.05, 4.69) is 29.2 Å². The highest BCUT2D eigenvalue weighted by Gasteiger charge is 2.16. The molecule has 1 aliphatic rings. The molecule has 0 saturated carbocycles. The minimum absolute atomic E-state index is 0.290. The van der Waals surface area contributed by atoms with Crippen molar-refractivity contribution in [3.63, 3.8) is 0 Å². The number of hydrogen-bond donors (Lipinski definition) is 1. The molecular weight excluding hydrogens is 172 g/mol. The highest BCUT2D eigenvalue weighted by molar-refractivity contribution is 5.15. The van der Waals surface area contributed by atoms with E-state index in [0.29, 0.717) is 0 Å². The molecule has 1 saturated heterocycles. The molecule has 0 radical (unpaired) electrons. The first-order chi connectivity index (χ1) is 6.84. The van der Waals surface area contributed by atoms with E-state index in [9.17, 15) is 0 Å². The molecule has 1 atom stereocenters. The molecular formula is C12H18N2. The van der Waals surface area contributed by atoms with Crippen LogP contribution in [0.15, 0.2) is 30.3 Å². The molecule has 1 heterocycles. The first-order valence-electron chi connectivity index (χ1n) is 5.36. The summed E-state index contributed by atoms with van der Waals surface area (Å²) in [7, 11) is 0. The van der Waals surface area contributed by atoms with Crippen LogP contribution in [-0.4, -0.2) is 30.6 Å². The van der Waals surface area contributed by atoms with Crippen molar-refractivity contribution in [2.45, 2.75) is 18.9 Å². The summed E-state index contributed by atoms with van der Waals surface area (Å²) >= 11 is 0. The SMILES string of the molecule is N[C@H](Cc1ccccc1)CN1CCC1. The molecule has 0 aromatic heterocycles. The molecule has 1 aromatic rings. The fraction of sp³-hybridized carbons (Fsp3) is 0.500. The average molecular weight is 190 g/mol. The first-order valence-corrected chi connectivity index (χ1v) is 5.36. The van der Waals surface area contributed by atoms with Crippen LogP contribution in [0.3, 0.4) is 0 Å². The Bertz CT molecular complexity index is 267. The molecule has 14 heavy (non-hydrogen) atoms. The Hall–Kier alpha value is -0.860. The molecule has 1 fully saturated rings. The second-order valence-corrected chi connectivity index (χ2v) is 4.10. The van der Waals surface area contributed by atoms with Gasteiger partial charge in [0.25, 0.3) is 0 Å². The van der Waals surface area contributed by atoms with Gasteiger partial charge in [0, 0.05) is 12.6 Å². The molecule has 0 amide bonds. The predicted molar refractivity (Wildman–Crippen MR) is 59.2 cm³/mol. The topological polar surface area (TPSA) is 29.3 Å². The van der Waals surface area contributed by atoms with E-state index in [0.717, 1.165) is 13.0 Å². The van der Waals surface area contributed by atoms with Gasteiger partial charge in [-0.1, -0.05) is 30.3 Å². The largest absolute Gasteiger partial charge is 0.326 e. The van der Waals surface area contributed by atoms with Crippen LogP contribution in [0.2, 0.25) is 0 Å². The number of benzene rings is 1. The minimum Gasteiger partial charge on any atom is -0.326 e. The minimum atomic E-state index is 0.290. The van der Waals surface area contributed by atoms with E-state index in [-0.39, 0.29) is 6.04 Å². The lowest BCUT2D eigenvalue weighted by Crippen LogP contribution is -2.45. The molecule has 0 unspecified atom stereocenters. The Morgan fingerprint density at radius 3 is 2.50 bits per heavy atom. The third-order valence-electron chi connectivity index (χ3n) is 2.78. The van der Waals surface area contributed by atoms with Crippen molar-refractivity contribution in [3.05, 3.63) is 35.9 Å². The average Bonchev–Trinajstić information content (AvgIpc) is 2.13. The Morgan fingerprint density at radius 1 is 1.21 bits per heavy atom. The van der Waals surface area contributed by atoms with E-state index < -0.39 is 0 Å². The highest BCUT2D eigenvalue weighted by Crippen LogP contribution is 2.08. The van der Waals surface area contributed by atoms with E-state index in [1.165, 1.54) is 25.1 Å². The molecule has 1 aliphatic heterocycles. The number of rotatable bonds is 4. The summed E-state index contributed by atoms with van der Waals surface area (Å²) in [6, 6.07) is 10.8. The third-order valence-corrected chi connectivity index (χ3v) is 2.78. The van der Waals surface area contributed by atoms with Gasteiger partial charge < -0.3 is 10.6 Å². The number of hydrogen-bond acceptors (Lipinski definition) is 2. The van der Waals surface area contributed by atoms with Gasteiger partial charge in [-0.05, 0) is 31.5 Å². The van der Waals surface area contributed by atoms with Crippen LogP contribution in [0.4, 0.5) is 0 Å². The maximum absolute atomic E-state index is 6.07. The molecule has 2 N–H and O–H groups in total. The van der Waals surface area contributed by atoms with Gasteiger partial charge in [-0.25, -0.2) is 0 Å². The standard InChI is InChI=1S/C12H18N2/c13-12(10-14-7-4-8-14)9-11-5-2-1-3-6-11/h1-3,5-6,12H,4,7-10,13H2/t12-/m1/s1. The zero-order valence-corrected chi connectivity index (χ0v) is 8.52. The lowest BCUT2D eigenvalue weighted by atomic mass is 10.1. The van der Waals surface area contributed by atoms with Crippen molar-refractivity contribution in [2.24, 2.45) is 5.73 Å². The zero-order valence-electron chi connectivity index (χ0n) is 8.52. The second kappa shape index (κ2) is 4.58. The lowest BCUT2D eigenvalue weighted by Gasteiger charge is -2.32. The molecule has 0 spiro atoms. The highest BCUT2D eigenvalue weighted by atomic mass is 15.2. The summed E-state index contributed by atoms with van der Waals surface area (Å²) in [5.41, 5.74) is 7.42. The monoisotopic (exact) mass is 190 g/mol. The number of nitrogens with zero attached hydrogens (tertiary/aromatic N) is 1. The van der Waals surface area contributed by atoms with Gasteiger partial charge >= 0.3 is 0 Å². The number of nitrogens with two attached hydrogens (primary N) is 1. The summed E-state index contributed by atoms with van der Waals surface area (Å²) in [4.78, 5) is 2.42. The molecule has 2 nitrogen and oxygen atoms in total. The maximum Gasteiger partial charge on any atom is 0.0208 e. The Labute approximate surface area is 85.7 Å². The van der Waals surface area contributed by atoms with E-state index >= 15 is 0 Å². The normalized spacial score (nSPS) is 18.9. The van der Waals surface area contributed by atoms with Crippen LogP contribution < -0.4 is 5.73 Å². The number of likely N-dealkylation sites (tertiary alicyclic amines) is 1. The van der Waals surface area contributed by atoms with Gasteiger partial charge in [0.1, 0.15) is 0 Å². The Morgan fingerprint density at radius 2 is 1.93 bits per heavy atom. The van der Waals surface area contributed by atoms with Crippen LogP contribution in [0.5, 0.6) is 0 Å². The van der Waals surface area contributed by atoms with Crippen molar-refractivity contribution < 1.29 is 0 Å². The van der Waals surface area contributed by atoms with Gasteiger partial charge in [0.15, 0.2) is 0 Å². The van der Waals surface area contributed by atoms with Gasteiger partial charge in [-0.2, -0.15) is 0 Å². The molecule has 76 valence electrons. The van der Waals surface area contributed by atoms with Crippen molar-refractivity contribution in [3.8, 4) is 0 Å². The molecule has 2 heteroatoms. The second-order valence-electron chi connectivity index (χ2n) is 4.10. The quantitative estimate of drug-likeness (QED) is 0.774. The van der Waals surface area contributed by atoms with Crippen LogP contribution in [-0.2, 0) is 6.42 Å². The smallest absolute Gasteiger partial charge is 0.0208 e. The van der Waals surface area contributed by atoms with E-state index in [1.807, 2.05) is 6.07 Å². The summed E-state index contributed by atoms with van der Waals surface area (Å²) in [6.07, 6.45) is 2.34. The van der Waals surface area contributed by atoms with Gasteiger partial charge in [-0.3, -0.25) is 0 Å². The fourth-order valence-corrected chi connectivity index (χ4v) is 1.88. The summed E-state index contributed by atoms with van der Waals surface area (Å²) in [6.45, 7) is 3.53. The van der Waals surface area contributed by atoms with Gasteiger partial charge in [-0.15, -0.1) is 0 Å². The Balaban J connectivity index is 1.79. The summed E-state index contributed by atoms with van der Waals surface area (Å²) < 4.78 is 0. The molecule has 1 aromatic carbocycles. The third kappa shape index (κ3) is 2.56. The molecule has 2 rings (SSSR count). The predicted octanol–water partition coefficient (Wildman–Crippen LogP) is 1.26. The van der Waals surface area contributed by atoms with E-state index in [4.69, 9.17) is 5.73 Å². The van der Waals surface area contributed by atoms with Crippen molar-refractivity contribution in [2.75, 3.05) is 19.6 Å². The van der Waals surface area contributed by atoms with Crippen molar-refractivity contribution >= 4 is 0 Å². The van der Waals surface area contributed by atoms with Gasteiger partial charge in [0.05, 0.1) is 0 Å². The summed E-state index contributed by atoms with van der Waals surface area (Å²) in [5, 5.41) is 0. The van der Waals surface area contributed by atoms with Crippen molar-refractivity contribution in [1.29, 1.82) is 0 Å². The van der Waals surface area contributed by atoms with Crippen molar-refractivity contribution in [1.82, 2.24) is 4.90 Å². The fourth-order valence-electron chi connectivity index (χ4n) is 1.88. The van der Waals surface area contributed by atoms with Crippen LogP contribution in [0.25, 0.3) is 0 Å². The van der Waals surface area contributed by atoms with E-state index in [1.54, 1.807) is 0 Å².